The largest absolute Gasteiger partial charge is 0.506 e. The summed E-state index contributed by atoms with van der Waals surface area (Å²) >= 11 is 1.63. The molecular weight excluding hydrogens is 210 g/mol. The molecule has 0 amide bonds. The molecular formula is C8H16BF3NS-. The molecule has 1 unspecified atom stereocenters. The van der Waals surface area contributed by atoms with Crippen LogP contribution < -0.4 is 0 Å². The topological polar surface area (TPSA) is 3.24 Å². The SMILES string of the molecule is C=C(CN(C)C(C)CSC)[B-](F)(F)F. The van der Waals surface area contributed by atoms with Gasteiger partial charge in [0, 0.05) is 11.8 Å². The van der Waals surface area contributed by atoms with Crippen LogP contribution in [0.5, 0.6) is 0 Å². The summed E-state index contributed by atoms with van der Waals surface area (Å²) in [6, 6.07) is 0.139. The molecule has 0 rings (SSSR count). The molecule has 0 aromatic heterocycles. The van der Waals surface area contributed by atoms with Gasteiger partial charge in [0.05, 0.1) is 0 Å². The van der Waals surface area contributed by atoms with Gasteiger partial charge in [-0.15, -0.1) is 12.1 Å². The molecule has 0 radical (unpaired) electrons. The third kappa shape index (κ3) is 4.95. The van der Waals surface area contributed by atoms with Crippen molar-refractivity contribution in [2.24, 2.45) is 0 Å². The minimum Gasteiger partial charge on any atom is -0.445 e. The highest BCUT2D eigenvalue weighted by molar-refractivity contribution is 7.98. The number of halogens is 3. The number of hydrogen-bond acceptors (Lipinski definition) is 2. The Balaban J connectivity index is 4.06. The van der Waals surface area contributed by atoms with Crippen molar-refractivity contribution >= 4 is 18.7 Å². The van der Waals surface area contributed by atoms with Gasteiger partial charge in [-0.05, 0) is 26.8 Å². The van der Waals surface area contributed by atoms with Gasteiger partial charge < -0.3 is 17.8 Å². The van der Waals surface area contributed by atoms with Crippen LogP contribution in [0.3, 0.4) is 0 Å². The summed E-state index contributed by atoms with van der Waals surface area (Å²) in [6.45, 7) is -0.00397. The van der Waals surface area contributed by atoms with E-state index in [2.05, 4.69) is 6.58 Å². The average molecular weight is 226 g/mol. The molecule has 84 valence electrons. The van der Waals surface area contributed by atoms with Crippen LogP contribution in [0.4, 0.5) is 12.9 Å². The average Bonchev–Trinajstić information content (AvgIpc) is 2.02. The van der Waals surface area contributed by atoms with Crippen LogP contribution in [0.1, 0.15) is 6.92 Å². The van der Waals surface area contributed by atoms with Gasteiger partial charge in [-0.3, -0.25) is 0 Å². The first-order valence-electron chi connectivity index (χ1n) is 4.35. The highest BCUT2D eigenvalue weighted by atomic mass is 32.2. The lowest BCUT2D eigenvalue weighted by atomic mass is 9.80. The van der Waals surface area contributed by atoms with Crippen LogP contribution in [0.25, 0.3) is 0 Å². The Hall–Kier alpha value is -0.0951. The van der Waals surface area contributed by atoms with E-state index in [1.54, 1.807) is 23.7 Å². The number of thioether (sulfide) groups is 1. The lowest BCUT2D eigenvalue weighted by Gasteiger charge is -2.28. The van der Waals surface area contributed by atoms with E-state index in [1.807, 2.05) is 13.2 Å². The van der Waals surface area contributed by atoms with E-state index in [9.17, 15) is 12.9 Å². The molecule has 1 nitrogen and oxygen atoms in total. The van der Waals surface area contributed by atoms with E-state index >= 15 is 0 Å². The number of hydrogen-bond donors (Lipinski definition) is 0. The molecule has 0 fully saturated rings. The van der Waals surface area contributed by atoms with Gasteiger partial charge in [0.25, 0.3) is 0 Å². The first kappa shape index (κ1) is 13.9. The second-order valence-corrected chi connectivity index (χ2v) is 4.36. The molecule has 0 N–H and O–H groups in total. The van der Waals surface area contributed by atoms with Crippen LogP contribution in [0, 0.1) is 0 Å². The Morgan fingerprint density at radius 2 is 2.00 bits per heavy atom. The van der Waals surface area contributed by atoms with E-state index in [0.29, 0.717) is 0 Å². The van der Waals surface area contributed by atoms with Crippen LogP contribution in [0.2, 0.25) is 0 Å². The highest BCUT2D eigenvalue weighted by Gasteiger charge is 2.27. The molecule has 0 aromatic carbocycles. The summed E-state index contributed by atoms with van der Waals surface area (Å²) < 4.78 is 36.6. The number of likely N-dealkylation sites (N-methyl/N-ethyl adjacent to an activating group) is 1. The third-order valence-electron chi connectivity index (χ3n) is 2.08. The van der Waals surface area contributed by atoms with Gasteiger partial charge in [-0.25, -0.2) is 0 Å². The van der Waals surface area contributed by atoms with E-state index in [4.69, 9.17) is 0 Å². The van der Waals surface area contributed by atoms with Crippen LogP contribution in [0.15, 0.2) is 12.1 Å². The van der Waals surface area contributed by atoms with Crippen molar-refractivity contribution in [3.8, 4) is 0 Å². The molecule has 0 saturated carbocycles. The van der Waals surface area contributed by atoms with Gasteiger partial charge in [0.2, 0.25) is 0 Å². The van der Waals surface area contributed by atoms with Crippen molar-refractivity contribution < 1.29 is 12.9 Å². The minimum atomic E-state index is -4.88. The lowest BCUT2D eigenvalue weighted by molar-refractivity contribution is 0.299. The first-order valence-corrected chi connectivity index (χ1v) is 5.75. The van der Waals surface area contributed by atoms with Crippen molar-refractivity contribution in [1.29, 1.82) is 0 Å². The Labute approximate surface area is 87.8 Å². The summed E-state index contributed by atoms with van der Waals surface area (Å²) in [6.07, 6.45) is 1.94. The van der Waals surface area contributed by atoms with Crippen LogP contribution in [-0.2, 0) is 0 Å². The van der Waals surface area contributed by atoms with Gasteiger partial charge in [-0.2, -0.15) is 11.8 Å². The normalized spacial score (nSPS) is 14.5. The zero-order valence-corrected chi connectivity index (χ0v) is 9.58. The summed E-state index contributed by atoms with van der Waals surface area (Å²) in [5.41, 5.74) is -0.625. The third-order valence-corrected chi connectivity index (χ3v) is 2.89. The Morgan fingerprint density at radius 3 is 2.36 bits per heavy atom. The van der Waals surface area contributed by atoms with Crippen molar-refractivity contribution in [2.75, 3.05) is 25.6 Å². The molecule has 0 aliphatic rings. The van der Waals surface area contributed by atoms with Crippen LogP contribution >= 0.6 is 11.8 Å². The molecule has 0 aliphatic heterocycles. The van der Waals surface area contributed by atoms with E-state index in [1.165, 1.54) is 0 Å². The smallest absolute Gasteiger partial charge is 0.445 e. The molecule has 14 heavy (non-hydrogen) atoms. The number of nitrogens with zero attached hydrogens (tertiary/aromatic N) is 1. The molecule has 1 atom stereocenters. The van der Waals surface area contributed by atoms with Gasteiger partial charge >= 0.3 is 6.98 Å². The minimum absolute atomic E-state index is 0.0920. The summed E-state index contributed by atoms with van der Waals surface area (Å²) in [5.74, 6) is 0.828. The fourth-order valence-corrected chi connectivity index (χ4v) is 1.69. The first-order chi connectivity index (χ1) is 6.29. The van der Waals surface area contributed by atoms with Gasteiger partial charge in [-0.1, -0.05) is 0 Å². The molecule has 0 saturated heterocycles. The van der Waals surface area contributed by atoms with Crippen molar-refractivity contribution in [1.82, 2.24) is 4.90 Å². The molecule has 0 aromatic rings. The van der Waals surface area contributed by atoms with Crippen molar-refractivity contribution in [3.63, 3.8) is 0 Å². The molecule has 0 aliphatic carbocycles. The predicted molar refractivity (Wildman–Crippen MR) is 58.7 cm³/mol. The standard InChI is InChI=1S/C8H16BF3NS/c1-7(9(10,11)12)5-13(3)8(2)6-14-4/h8H,1,5-6H2,2-4H3/q-1. The molecule has 0 bridgehead atoms. The van der Waals surface area contributed by atoms with Gasteiger partial charge in [0.15, 0.2) is 0 Å². The quantitative estimate of drug-likeness (QED) is 0.640. The summed E-state index contributed by atoms with van der Waals surface area (Å²) in [7, 11) is 1.69. The van der Waals surface area contributed by atoms with Crippen molar-refractivity contribution in [3.05, 3.63) is 12.1 Å². The van der Waals surface area contributed by atoms with E-state index in [0.717, 1.165) is 5.75 Å². The maximum Gasteiger partial charge on any atom is 0.506 e. The second kappa shape index (κ2) is 5.71. The van der Waals surface area contributed by atoms with E-state index in [-0.39, 0.29) is 12.6 Å². The van der Waals surface area contributed by atoms with Crippen LogP contribution in [-0.4, -0.2) is 43.5 Å². The maximum absolute atomic E-state index is 12.2. The zero-order chi connectivity index (χ0) is 11.4. The highest BCUT2D eigenvalue weighted by Crippen LogP contribution is 2.19. The van der Waals surface area contributed by atoms with Gasteiger partial charge in [0.1, 0.15) is 0 Å². The Bertz CT molecular complexity index is 196. The van der Waals surface area contributed by atoms with E-state index < -0.39 is 12.4 Å². The lowest BCUT2D eigenvalue weighted by Crippen LogP contribution is -2.36. The Kier molecular flexibility index (Phi) is 5.67. The number of rotatable bonds is 6. The summed E-state index contributed by atoms with van der Waals surface area (Å²) in [4.78, 5) is 1.67. The predicted octanol–water partition coefficient (Wildman–Crippen LogP) is 2.61. The summed E-state index contributed by atoms with van der Waals surface area (Å²) in [5, 5.41) is 0. The molecule has 0 heterocycles. The zero-order valence-electron chi connectivity index (χ0n) is 8.77. The second-order valence-electron chi connectivity index (χ2n) is 3.45. The fraction of sp³-hybridized carbons (Fsp3) is 0.750. The maximum atomic E-state index is 12.2. The molecule has 0 spiro atoms. The fourth-order valence-electron chi connectivity index (χ4n) is 0.948. The van der Waals surface area contributed by atoms with Crippen molar-refractivity contribution in [2.45, 2.75) is 13.0 Å². The Morgan fingerprint density at radius 1 is 1.50 bits per heavy atom. The molecule has 6 heteroatoms. The monoisotopic (exact) mass is 226 g/mol.